The molecule has 124 valence electrons. The molecule has 0 radical (unpaired) electrons. The largest absolute Gasteiger partial charge is 0.353 e. The van der Waals surface area contributed by atoms with E-state index in [-0.39, 0.29) is 24.4 Å². The molecule has 3 nitrogen and oxygen atoms in total. The minimum Gasteiger partial charge on any atom is -0.353 e. The van der Waals surface area contributed by atoms with E-state index < -0.39 is 0 Å². The third-order valence-electron chi connectivity index (χ3n) is 4.42. The lowest BCUT2D eigenvalue weighted by atomic mass is 9.84. The van der Waals surface area contributed by atoms with Gasteiger partial charge in [-0.05, 0) is 55.8 Å². The number of nitrogens with one attached hydrogen (secondary N) is 1. The van der Waals surface area contributed by atoms with Gasteiger partial charge in [0.25, 0.3) is 0 Å². The summed E-state index contributed by atoms with van der Waals surface area (Å²) in [6.07, 6.45) is 6.01. The summed E-state index contributed by atoms with van der Waals surface area (Å²) in [5.41, 5.74) is 8.23. The summed E-state index contributed by atoms with van der Waals surface area (Å²) >= 11 is 3.50. The van der Waals surface area contributed by atoms with Gasteiger partial charge in [-0.15, -0.1) is 12.4 Å². The number of hydrogen-bond donors (Lipinski definition) is 2. The highest BCUT2D eigenvalue weighted by Gasteiger charge is 2.24. The van der Waals surface area contributed by atoms with Gasteiger partial charge in [-0.3, -0.25) is 4.79 Å². The average Bonchev–Trinajstić information content (AvgIpc) is 2.49. The van der Waals surface area contributed by atoms with Crippen LogP contribution in [0.1, 0.15) is 43.2 Å². The van der Waals surface area contributed by atoms with Gasteiger partial charge in [-0.2, -0.15) is 0 Å². The Morgan fingerprint density at radius 1 is 1.36 bits per heavy atom. The van der Waals surface area contributed by atoms with Gasteiger partial charge in [0.05, 0.1) is 0 Å². The smallest absolute Gasteiger partial charge is 0.220 e. The van der Waals surface area contributed by atoms with E-state index in [1.165, 1.54) is 24.0 Å². The molecule has 1 aromatic carbocycles. The number of carbonyl (C=O) groups excluding carboxylic acids is 1. The van der Waals surface area contributed by atoms with E-state index in [1.807, 2.05) is 6.07 Å². The molecule has 0 aliphatic heterocycles. The highest BCUT2D eigenvalue weighted by atomic mass is 79.9. The van der Waals surface area contributed by atoms with E-state index >= 15 is 0 Å². The van der Waals surface area contributed by atoms with Gasteiger partial charge in [-0.25, -0.2) is 0 Å². The van der Waals surface area contributed by atoms with Crippen LogP contribution in [0.4, 0.5) is 0 Å². The Morgan fingerprint density at radius 2 is 2.09 bits per heavy atom. The second-order valence-electron chi connectivity index (χ2n) is 6.04. The maximum Gasteiger partial charge on any atom is 0.220 e. The fourth-order valence-electron chi connectivity index (χ4n) is 3.08. The quantitative estimate of drug-likeness (QED) is 0.806. The van der Waals surface area contributed by atoms with Gasteiger partial charge < -0.3 is 11.1 Å². The van der Waals surface area contributed by atoms with E-state index in [1.54, 1.807) is 0 Å². The molecule has 22 heavy (non-hydrogen) atoms. The Balaban J connectivity index is 0.00000242. The van der Waals surface area contributed by atoms with Crippen molar-refractivity contribution in [3.63, 3.8) is 0 Å². The molecule has 1 amide bonds. The summed E-state index contributed by atoms with van der Waals surface area (Å²) in [5.74, 6) is 0.610. The zero-order valence-corrected chi connectivity index (χ0v) is 15.5. The standard InChI is InChI=1S/C17H25BrN2O.ClH/c1-12-10-13(6-8-15(12)18)7-9-17(21)20-16-5-3-2-4-14(16)11-19;/h6,8,10,14,16H,2-5,7,9,11,19H2,1H3,(H,20,21);1H. The molecule has 1 aromatic rings. The van der Waals surface area contributed by atoms with E-state index in [9.17, 15) is 4.79 Å². The molecular formula is C17H26BrClN2O. The number of benzene rings is 1. The average molecular weight is 390 g/mol. The van der Waals surface area contributed by atoms with Gasteiger partial charge in [-0.1, -0.05) is 40.9 Å². The zero-order chi connectivity index (χ0) is 15.2. The molecule has 0 aromatic heterocycles. The van der Waals surface area contributed by atoms with Crippen LogP contribution in [0.3, 0.4) is 0 Å². The van der Waals surface area contributed by atoms with Crippen molar-refractivity contribution < 1.29 is 4.79 Å². The van der Waals surface area contributed by atoms with Crippen molar-refractivity contribution in [2.45, 2.75) is 51.5 Å². The summed E-state index contributed by atoms with van der Waals surface area (Å²) in [6, 6.07) is 6.55. The molecule has 0 heterocycles. The van der Waals surface area contributed by atoms with Crippen LogP contribution in [-0.4, -0.2) is 18.5 Å². The van der Waals surface area contributed by atoms with E-state index in [0.717, 1.165) is 23.7 Å². The van der Waals surface area contributed by atoms with Crippen molar-refractivity contribution >= 4 is 34.2 Å². The number of rotatable bonds is 5. The third-order valence-corrected chi connectivity index (χ3v) is 5.31. The van der Waals surface area contributed by atoms with Crippen molar-refractivity contribution in [1.29, 1.82) is 0 Å². The van der Waals surface area contributed by atoms with Crippen LogP contribution in [0.2, 0.25) is 0 Å². The molecule has 2 unspecified atom stereocenters. The van der Waals surface area contributed by atoms with E-state index in [0.29, 0.717) is 18.9 Å². The summed E-state index contributed by atoms with van der Waals surface area (Å²) in [5, 5.41) is 3.19. The summed E-state index contributed by atoms with van der Waals surface area (Å²) in [7, 11) is 0. The molecule has 0 spiro atoms. The predicted octanol–water partition coefficient (Wildman–Crippen LogP) is 3.75. The highest BCUT2D eigenvalue weighted by Crippen LogP contribution is 2.23. The second-order valence-corrected chi connectivity index (χ2v) is 6.89. The first-order valence-electron chi connectivity index (χ1n) is 7.84. The Hall–Kier alpha value is -0.580. The van der Waals surface area contributed by atoms with Gasteiger partial charge in [0.2, 0.25) is 5.91 Å². The van der Waals surface area contributed by atoms with Crippen LogP contribution in [-0.2, 0) is 11.2 Å². The minimum atomic E-state index is 0. The van der Waals surface area contributed by atoms with Crippen molar-refractivity contribution in [2.75, 3.05) is 6.54 Å². The first-order valence-corrected chi connectivity index (χ1v) is 8.64. The normalized spacial score (nSPS) is 21.0. The molecule has 1 saturated carbocycles. The van der Waals surface area contributed by atoms with Crippen molar-refractivity contribution in [2.24, 2.45) is 11.7 Å². The van der Waals surface area contributed by atoms with Gasteiger partial charge in [0.1, 0.15) is 0 Å². The molecule has 5 heteroatoms. The Kier molecular flexibility index (Phi) is 8.44. The maximum atomic E-state index is 12.1. The third kappa shape index (κ3) is 5.56. The molecule has 1 aliphatic carbocycles. The lowest BCUT2D eigenvalue weighted by Gasteiger charge is -2.31. The summed E-state index contributed by atoms with van der Waals surface area (Å²) in [6.45, 7) is 2.75. The van der Waals surface area contributed by atoms with Crippen LogP contribution in [0.25, 0.3) is 0 Å². The van der Waals surface area contributed by atoms with Crippen LogP contribution in [0, 0.1) is 12.8 Å². The number of halogens is 2. The van der Waals surface area contributed by atoms with Gasteiger partial charge in [0.15, 0.2) is 0 Å². The van der Waals surface area contributed by atoms with Gasteiger partial charge >= 0.3 is 0 Å². The molecular weight excluding hydrogens is 364 g/mol. The minimum absolute atomic E-state index is 0. The van der Waals surface area contributed by atoms with Crippen LogP contribution < -0.4 is 11.1 Å². The number of hydrogen-bond acceptors (Lipinski definition) is 2. The van der Waals surface area contributed by atoms with Crippen LogP contribution in [0.5, 0.6) is 0 Å². The number of carbonyl (C=O) groups is 1. The number of nitrogens with two attached hydrogens (primary N) is 1. The molecule has 0 bridgehead atoms. The van der Waals surface area contributed by atoms with Crippen LogP contribution >= 0.6 is 28.3 Å². The maximum absolute atomic E-state index is 12.1. The van der Waals surface area contributed by atoms with Crippen LogP contribution in [0.15, 0.2) is 22.7 Å². The fraction of sp³-hybridized carbons (Fsp3) is 0.588. The number of aryl methyl sites for hydroxylation is 2. The topological polar surface area (TPSA) is 55.1 Å². The van der Waals surface area contributed by atoms with Crippen molar-refractivity contribution in [3.8, 4) is 0 Å². The Labute approximate surface area is 148 Å². The molecule has 0 saturated heterocycles. The molecule has 1 aliphatic rings. The van der Waals surface area contributed by atoms with Crippen molar-refractivity contribution in [1.82, 2.24) is 5.32 Å². The SMILES string of the molecule is Cc1cc(CCC(=O)NC2CCCCC2CN)ccc1Br.Cl. The Morgan fingerprint density at radius 3 is 2.77 bits per heavy atom. The molecule has 1 fully saturated rings. The van der Waals surface area contributed by atoms with Crippen molar-refractivity contribution in [3.05, 3.63) is 33.8 Å². The van der Waals surface area contributed by atoms with E-state index in [4.69, 9.17) is 5.73 Å². The second kappa shape index (κ2) is 9.53. The first kappa shape index (κ1) is 19.5. The zero-order valence-electron chi connectivity index (χ0n) is 13.1. The van der Waals surface area contributed by atoms with Gasteiger partial charge in [0, 0.05) is 16.9 Å². The molecule has 2 rings (SSSR count). The molecule has 2 atom stereocenters. The molecule has 3 N–H and O–H groups in total. The lowest BCUT2D eigenvalue weighted by molar-refractivity contribution is -0.122. The highest BCUT2D eigenvalue weighted by molar-refractivity contribution is 9.10. The summed E-state index contributed by atoms with van der Waals surface area (Å²) < 4.78 is 1.11. The lowest BCUT2D eigenvalue weighted by Crippen LogP contribution is -2.44. The summed E-state index contributed by atoms with van der Waals surface area (Å²) in [4.78, 5) is 12.1. The fourth-order valence-corrected chi connectivity index (χ4v) is 3.33. The Bertz CT molecular complexity index is 496. The first-order chi connectivity index (χ1) is 10.1. The van der Waals surface area contributed by atoms with E-state index in [2.05, 4.69) is 40.3 Å². The monoisotopic (exact) mass is 388 g/mol. The predicted molar refractivity (Wildman–Crippen MR) is 97.4 cm³/mol. The number of amides is 1.